The lowest BCUT2D eigenvalue weighted by Crippen LogP contribution is -2.13. The SMILES string of the molecule is Bc1ccnc2c1cnn2-c1ncccc1C(F)(F)F. The summed E-state index contributed by atoms with van der Waals surface area (Å²) in [5.74, 6) is -0.270. The van der Waals surface area contributed by atoms with Crippen LogP contribution < -0.4 is 5.46 Å². The molecule has 0 amide bonds. The highest BCUT2D eigenvalue weighted by molar-refractivity contribution is 6.38. The first kappa shape index (κ1) is 12.6. The van der Waals surface area contributed by atoms with Crippen molar-refractivity contribution in [1.82, 2.24) is 19.7 Å². The van der Waals surface area contributed by atoms with Crippen LogP contribution in [-0.2, 0) is 6.18 Å². The Bertz CT molecular complexity index is 782. The number of alkyl halides is 3. The molecule has 0 saturated carbocycles. The van der Waals surface area contributed by atoms with E-state index < -0.39 is 11.7 Å². The monoisotopic (exact) mass is 276 g/mol. The summed E-state index contributed by atoms with van der Waals surface area (Å²) < 4.78 is 40.2. The zero-order valence-electron chi connectivity index (χ0n) is 10.4. The number of fused-ring (bicyclic) bond motifs is 1. The minimum Gasteiger partial charge on any atom is -0.237 e. The number of hydrogen-bond donors (Lipinski definition) is 0. The lowest BCUT2D eigenvalue weighted by Gasteiger charge is -2.11. The quantitative estimate of drug-likeness (QED) is 0.625. The molecule has 0 aliphatic carbocycles. The Kier molecular flexibility index (Phi) is 2.74. The molecule has 0 aromatic carbocycles. The molecule has 100 valence electrons. The second kappa shape index (κ2) is 4.33. The molecule has 3 aromatic rings. The van der Waals surface area contributed by atoms with Crippen LogP contribution in [0, 0.1) is 0 Å². The standard InChI is InChI=1S/C12H8BF3N4/c13-9-3-5-18-10-7(9)6-19-20(10)11-8(12(14,15)16)2-1-4-17-11/h1-6H,13H2. The first-order valence-corrected chi connectivity index (χ1v) is 5.80. The van der Waals surface area contributed by atoms with E-state index in [2.05, 4.69) is 15.1 Å². The van der Waals surface area contributed by atoms with Gasteiger partial charge in [-0.2, -0.15) is 23.0 Å². The number of pyridine rings is 2. The topological polar surface area (TPSA) is 43.6 Å². The molecule has 0 atom stereocenters. The molecule has 4 nitrogen and oxygen atoms in total. The predicted octanol–water partition coefficient (Wildman–Crippen LogP) is 1.09. The Labute approximate surface area is 112 Å². The van der Waals surface area contributed by atoms with Crippen molar-refractivity contribution in [3.63, 3.8) is 0 Å². The largest absolute Gasteiger partial charge is 0.420 e. The molecule has 0 N–H and O–H groups in total. The molecule has 0 bridgehead atoms. The molecule has 0 fully saturated rings. The summed E-state index contributed by atoms with van der Waals surface area (Å²) in [5.41, 5.74) is 0.410. The maximum Gasteiger partial charge on any atom is 0.420 e. The Morgan fingerprint density at radius 3 is 2.65 bits per heavy atom. The van der Waals surface area contributed by atoms with E-state index in [0.717, 1.165) is 16.2 Å². The molecular weight excluding hydrogens is 268 g/mol. The Morgan fingerprint density at radius 1 is 1.10 bits per heavy atom. The van der Waals surface area contributed by atoms with Gasteiger partial charge in [-0.25, -0.2) is 9.97 Å². The average Bonchev–Trinajstić information content (AvgIpc) is 2.83. The van der Waals surface area contributed by atoms with Gasteiger partial charge in [0.2, 0.25) is 0 Å². The molecule has 3 aromatic heterocycles. The van der Waals surface area contributed by atoms with Crippen LogP contribution in [0.4, 0.5) is 13.2 Å². The van der Waals surface area contributed by atoms with Crippen molar-refractivity contribution in [2.75, 3.05) is 0 Å². The van der Waals surface area contributed by atoms with Crippen LogP contribution in [0.2, 0.25) is 0 Å². The highest BCUT2D eigenvalue weighted by Crippen LogP contribution is 2.33. The Hall–Kier alpha value is -2.38. The fourth-order valence-corrected chi connectivity index (χ4v) is 2.00. The van der Waals surface area contributed by atoms with E-state index in [1.165, 1.54) is 24.7 Å². The van der Waals surface area contributed by atoms with E-state index in [-0.39, 0.29) is 5.82 Å². The molecule has 0 unspecified atom stereocenters. The van der Waals surface area contributed by atoms with Crippen LogP contribution >= 0.6 is 0 Å². The van der Waals surface area contributed by atoms with E-state index in [9.17, 15) is 13.2 Å². The lowest BCUT2D eigenvalue weighted by molar-refractivity contribution is -0.137. The molecule has 20 heavy (non-hydrogen) atoms. The summed E-state index contributed by atoms with van der Waals surface area (Å²) >= 11 is 0. The summed E-state index contributed by atoms with van der Waals surface area (Å²) in [7, 11) is 1.85. The molecular formula is C12H8BF3N4. The van der Waals surface area contributed by atoms with Crippen molar-refractivity contribution in [1.29, 1.82) is 0 Å². The highest BCUT2D eigenvalue weighted by atomic mass is 19.4. The van der Waals surface area contributed by atoms with Crippen molar-refractivity contribution in [2.45, 2.75) is 6.18 Å². The van der Waals surface area contributed by atoms with Gasteiger partial charge in [-0.1, -0.05) is 5.46 Å². The van der Waals surface area contributed by atoms with Crippen LogP contribution in [0.1, 0.15) is 5.56 Å². The molecule has 8 heteroatoms. The fraction of sp³-hybridized carbons (Fsp3) is 0.0833. The molecule has 0 radical (unpaired) electrons. The summed E-state index contributed by atoms with van der Waals surface area (Å²) in [6, 6.07) is 4.00. The predicted molar refractivity (Wildman–Crippen MR) is 69.8 cm³/mol. The lowest BCUT2D eigenvalue weighted by atomic mass is 9.95. The minimum absolute atomic E-state index is 0.270. The zero-order chi connectivity index (χ0) is 14.3. The maximum absolute atomic E-state index is 13.0. The van der Waals surface area contributed by atoms with E-state index >= 15 is 0 Å². The summed E-state index contributed by atoms with van der Waals surface area (Å²) in [5, 5.41) is 4.69. The van der Waals surface area contributed by atoms with Gasteiger partial charge in [0.05, 0.1) is 6.20 Å². The number of hydrogen-bond acceptors (Lipinski definition) is 3. The van der Waals surface area contributed by atoms with E-state index in [4.69, 9.17) is 0 Å². The fourth-order valence-electron chi connectivity index (χ4n) is 2.00. The third kappa shape index (κ3) is 1.93. The van der Waals surface area contributed by atoms with Gasteiger partial charge in [0.1, 0.15) is 13.4 Å². The summed E-state index contributed by atoms with van der Waals surface area (Å²) in [6.07, 6.45) is -0.169. The van der Waals surface area contributed by atoms with E-state index in [0.29, 0.717) is 11.0 Å². The summed E-state index contributed by atoms with van der Waals surface area (Å²) in [4.78, 5) is 7.90. The average molecular weight is 276 g/mol. The van der Waals surface area contributed by atoms with E-state index in [1.54, 1.807) is 6.07 Å². The van der Waals surface area contributed by atoms with Gasteiger partial charge in [-0.15, -0.1) is 0 Å². The van der Waals surface area contributed by atoms with Gasteiger partial charge < -0.3 is 0 Å². The first-order valence-electron chi connectivity index (χ1n) is 5.80. The first-order chi connectivity index (χ1) is 9.48. The maximum atomic E-state index is 13.0. The molecule has 3 heterocycles. The van der Waals surface area contributed by atoms with Gasteiger partial charge in [-0.3, -0.25) is 0 Å². The van der Waals surface area contributed by atoms with Crippen molar-refractivity contribution >= 4 is 24.3 Å². The normalized spacial score (nSPS) is 11.9. The van der Waals surface area contributed by atoms with Crippen molar-refractivity contribution in [3.8, 4) is 5.82 Å². The summed E-state index contributed by atoms with van der Waals surface area (Å²) in [6.45, 7) is 0. The number of halogens is 3. The van der Waals surface area contributed by atoms with Crippen molar-refractivity contribution in [3.05, 3.63) is 42.4 Å². The van der Waals surface area contributed by atoms with Gasteiger partial charge in [0, 0.05) is 17.8 Å². The molecule has 0 aliphatic rings. The van der Waals surface area contributed by atoms with Crippen LogP contribution in [0.3, 0.4) is 0 Å². The van der Waals surface area contributed by atoms with Gasteiger partial charge in [0.15, 0.2) is 11.5 Å². The van der Waals surface area contributed by atoms with Crippen molar-refractivity contribution < 1.29 is 13.2 Å². The molecule has 0 spiro atoms. The molecule has 0 aliphatic heterocycles. The van der Waals surface area contributed by atoms with Crippen LogP contribution in [-0.4, -0.2) is 27.6 Å². The van der Waals surface area contributed by atoms with Crippen molar-refractivity contribution in [2.24, 2.45) is 0 Å². The minimum atomic E-state index is -4.49. The number of aromatic nitrogens is 4. The van der Waals surface area contributed by atoms with Crippen LogP contribution in [0.5, 0.6) is 0 Å². The number of rotatable bonds is 1. The Morgan fingerprint density at radius 2 is 1.90 bits per heavy atom. The highest BCUT2D eigenvalue weighted by Gasteiger charge is 2.35. The number of nitrogens with zero attached hydrogens (tertiary/aromatic N) is 4. The van der Waals surface area contributed by atoms with Crippen LogP contribution in [0.15, 0.2) is 36.8 Å². The second-order valence-corrected chi connectivity index (χ2v) is 4.29. The van der Waals surface area contributed by atoms with E-state index in [1.807, 2.05) is 7.85 Å². The Balaban J connectivity index is 2.30. The van der Waals surface area contributed by atoms with Gasteiger partial charge in [0.25, 0.3) is 0 Å². The smallest absolute Gasteiger partial charge is 0.237 e. The van der Waals surface area contributed by atoms with Gasteiger partial charge >= 0.3 is 6.18 Å². The van der Waals surface area contributed by atoms with Crippen LogP contribution in [0.25, 0.3) is 16.9 Å². The third-order valence-electron chi connectivity index (χ3n) is 2.98. The zero-order valence-corrected chi connectivity index (χ0v) is 10.4. The van der Waals surface area contributed by atoms with Gasteiger partial charge in [-0.05, 0) is 18.2 Å². The molecule has 0 saturated heterocycles. The second-order valence-electron chi connectivity index (χ2n) is 4.29. The third-order valence-corrected chi connectivity index (χ3v) is 2.98. The molecule has 3 rings (SSSR count).